The zero-order chi connectivity index (χ0) is 21.0. The Balaban J connectivity index is 1.77. The summed E-state index contributed by atoms with van der Waals surface area (Å²) in [6.45, 7) is 7.17. The van der Waals surface area contributed by atoms with E-state index in [1.54, 1.807) is 12.1 Å². The molecule has 8 nitrogen and oxygen atoms in total. The summed E-state index contributed by atoms with van der Waals surface area (Å²) in [6.07, 6.45) is 0. The molecule has 1 fully saturated rings. The predicted molar refractivity (Wildman–Crippen MR) is 117 cm³/mol. The van der Waals surface area contributed by atoms with Gasteiger partial charge in [-0.25, -0.2) is 18.1 Å². The molecule has 0 unspecified atom stereocenters. The highest BCUT2D eigenvalue weighted by molar-refractivity contribution is 9.10. The van der Waals surface area contributed by atoms with E-state index in [2.05, 4.69) is 35.9 Å². The Bertz CT molecular complexity index is 988. The molecule has 1 aliphatic rings. The first kappa shape index (κ1) is 22.3. The third-order valence-corrected chi connectivity index (χ3v) is 7.96. The number of amides is 1. The van der Waals surface area contributed by atoms with Crippen molar-refractivity contribution < 1.29 is 17.9 Å². The number of anilines is 1. The average molecular weight is 503 g/mol. The first-order valence-corrected chi connectivity index (χ1v) is 12.2. The van der Waals surface area contributed by atoms with Crippen LogP contribution < -0.4 is 10.0 Å². The Morgan fingerprint density at radius 2 is 2.07 bits per heavy atom. The second kappa shape index (κ2) is 9.63. The van der Waals surface area contributed by atoms with Gasteiger partial charge < -0.3 is 10.1 Å². The van der Waals surface area contributed by atoms with Crippen LogP contribution >= 0.6 is 27.3 Å². The van der Waals surface area contributed by atoms with E-state index in [1.807, 2.05) is 13.0 Å². The van der Waals surface area contributed by atoms with Crippen LogP contribution in [0.25, 0.3) is 10.4 Å². The van der Waals surface area contributed by atoms with Crippen LogP contribution in [0.15, 0.2) is 27.6 Å². The third-order valence-electron chi connectivity index (χ3n) is 4.39. The first-order valence-electron chi connectivity index (χ1n) is 9.11. The molecular formula is C18H23BrN4O4S2. The molecule has 2 heterocycles. The SMILES string of the molecule is CC(=O)Nc1nc(C)c(-c2ccc(Br)c(S(=O)(=O)NCCN3CCOCC3)c2)s1. The minimum atomic E-state index is -3.69. The molecule has 2 N–H and O–H groups in total. The molecule has 1 saturated heterocycles. The number of morpholine rings is 1. The van der Waals surface area contributed by atoms with Crippen molar-refractivity contribution in [1.82, 2.24) is 14.6 Å². The molecular weight excluding hydrogens is 480 g/mol. The highest BCUT2D eigenvalue weighted by Gasteiger charge is 2.21. The fourth-order valence-electron chi connectivity index (χ4n) is 2.96. The molecule has 158 valence electrons. The van der Waals surface area contributed by atoms with E-state index in [4.69, 9.17) is 4.74 Å². The number of nitrogens with one attached hydrogen (secondary N) is 2. The fourth-order valence-corrected chi connectivity index (χ4v) is 5.98. The van der Waals surface area contributed by atoms with E-state index >= 15 is 0 Å². The molecule has 1 aliphatic heterocycles. The molecule has 11 heteroatoms. The highest BCUT2D eigenvalue weighted by Crippen LogP contribution is 2.35. The number of hydrogen-bond donors (Lipinski definition) is 2. The maximum absolute atomic E-state index is 12.9. The molecule has 0 atom stereocenters. The normalized spacial score (nSPS) is 15.4. The number of hydrogen-bond acceptors (Lipinski definition) is 7. The summed E-state index contributed by atoms with van der Waals surface area (Å²) in [5.74, 6) is -0.200. The maximum atomic E-state index is 12.9. The number of halogens is 1. The minimum Gasteiger partial charge on any atom is -0.379 e. The van der Waals surface area contributed by atoms with Crippen molar-refractivity contribution in [2.45, 2.75) is 18.7 Å². The lowest BCUT2D eigenvalue weighted by Crippen LogP contribution is -2.41. The molecule has 0 saturated carbocycles. The summed E-state index contributed by atoms with van der Waals surface area (Å²) < 4.78 is 34.2. The number of nitrogens with zero attached hydrogens (tertiary/aromatic N) is 2. The van der Waals surface area contributed by atoms with E-state index < -0.39 is 10.0 Å². The average Bonchev–Trinajstić information content (AvgIpc) is 3.02. The third kappa shape index (κ3) is 5.83. The molecule has 1 amide bonds. The summed E-state index contributed by atoms with van der Waals surface area (Å²) in [4.78, 5) is 18.8. The van der Waals surface area contributed by atoms with Gasteiger partial charge >= 0.3 is 0 Å². The topological polar surface area (TPSA) is 101 Å². The van der Waals surface area contributed by atoms with Gasteiger partial charge in [0.2, 0.25) is 15.9 Å². The highest BCUT2D eigenvalue weighted by atomic mass is 79.9. The largest absolute Gasteiger partial charge is 0.379 e. The van der Waals surface area contributed by atoms with Gasteiger partial charge in [0, 0.05) is 37.6 Å². The summed E-state index contributed by atoms with van der Waals surface area (Å²) in [6, 6.07) is 5.16. The predicted octanol–water partition coefficient (Wildman–Crippen LogP) is 2.45. The first-order chi connectivity index (χ1) is 13.8. The molecule has 1 aromatic heterocycles. The zero-order valence-corrected chi connectivity index (χ0v) is 19.4. The Hall–Kier alpha value is -1.37. The van der Waals surface area contributed by atoms with Crippen molar-refractivity contribution in [2.75, 3.05) is 44.7 Å². The summed E-state index contributed by atoms with van der Waals surface area (Å²) in [7, 11) is -3.69. The minimum absolute atomic E-state index is 0.172. The molecule has 3 rings (SSSR count). The van der Waals surface area contributed by atoms with Crippen LogP contribution in [0, 0.1) is 6.92 Å². The van der Waals surface area contributed by atoms with Crippen LogP contribution in [0.5, 0.6) is 0 Å². The number of sulfonamides is 1. The van der Waals surface area contributed by atoms with Crippen LogP contribution in [0.3, 0.4) is 0 Å². The number of carbonyl (C=O) groups is 1. The zero-order valence-electron chi connectivity index (χ0n) is 16.2. The Morgan fingerprint density at radius 1 is 1.34 bits per heavy atom. The van der Waals surface area contributed by atoms with Gasteiger partial charge in [-0.15, -0.1) is 0 Å². The number of aryl methyl sites for hydroxylation is 1. The number of benzene rings is 1. The van der Waals surface area contributed by atoms with E-state index in [0.29, 0.717) is 35.9 Å². The van der Waals surface area contributed by atoms with E-state index in [-0.39, 0.29) is 10.8 Å². The van der Waals surface area contributed by atoms with E-state index in [9.17, 15) is 13.2 Å². The molecule has 0 aliphatic carbocycles. The molecule has 1 aromatic carbocycles. The van der Waals surface area contributed by atoms with E-state index in [1.165, 1.54) is 18.3 Å². The Kier molecular flexibility index (Phi) is 7.41. The summed E-state index contributed by atoms with van der Waals surface area (Å²) >= 11 is 4.66. The molecule has 2 aromatic rings. The van der Waals surface area contributed by atoms with Gasteiger partial charge in [-0.1, -0.05) is 17.4 Å². The second-order valence-electron chi connectivity index (χ2n) is 6.61. The molecule has 29 heavy (non-hydrogen) atoms. The number of carbonyl (C=O) groups excluding carboxylic acids is 1. The van der Waals surface area contributed by atoms with Gasteiger partial charge in [0.15, 0.2) is 5.13 Å². The number of rotatable bonds is 7. The number of thiazole rings is 1. The van der Waals surface area contributed by atoms with Crippen molar-refractivity contribution in [2.24, 2.45) is 0 Å². The lowest BCUT2D eigenvalue weighted by Gasteiger charge is -2.26. The van der Waals surface area contributed by atoms with Crippen molar-refractivity contribution in [1.29, 1.82) is 0 Å². The van der Waals surface area contributed by atoms with Crippen LogP contribution in [-0.2, 0) is 19.6 Å². The number of aromatic nitrogens is 1. The molecule has 0 spiro atoms. The van der Waals surface area contributed by atoms with Crippen molar-refractivity contribution in [3.63, 3.8) is 0 Å². The van der Waals surface area contributed by atoms with Gasteiger partial charge in [0.1, 0.15) is 0 Å². The lowest BCUT2D eigenvalue weighted by molar-refractivity contribution is -0.114. The van der Waals surface area contributed by atoms with Crippen LogP contribution in [-0.4, -0.2) is 63.6 Å². The Labute approximate surface area is 182 Å². The second-order valence-corrected chi connectivity index (χ2v) is 10.2. The van der Waals surface area contributed by atoms with Crippen molar-refractivity contribution in [3.8, 4) is 10.4 Å². The van der Waals surface area contributed by atoms with Crippen LogP contribution in [0.1, 0.15) is 12.6 Å². The van der Waals surface area contributed by atoms with Crippen molar-refractivity contribution >= 4 is 48.3 Å². The monoisotopic (exact) mass is 502 g/mol. The summed E-state index contributed by atoms with van der Waals surface area (Å²) in [5, 5.41) is 3.15. The van der Waals surface area contributed by atoms with Gasteiger partial charge in [-0.3, -0.25) is 9.69 Å². The quantitative estimate of drug-likeness (QED) is 0.602. The van der Waals surface area contributed by atoms with Crippen LogP contribution in [0.4, 0.5) is 5.13 Å². The lowest BCUT2D eigenvalue weighted by atomic mass is 10.2. The Morgan fingerprint density at radius 3 is 2.76 bits per heavy atom. The van der Waals surface area contributed by atoms with Gasteiger partial charge in [0.25, 0.3) is 0 Å². The van der Waals surface area contributed by atoms with Gasteiger partial charge in [-0.05, 0) is 40.5 Å². The van der Waals surface area contributed by atoms with E-state index in [0.717, 1.165) is 29.2 Å². The molecule has 0 bridgehead atoms. The standard InChI is InChI=1S/C18H23BrN4O4S2/c1-12-17(28-18(21-12)22-13(2)24)14-3-4-15(19)16(11-14)29(25,26)20-5-6-23-7-9-27-10-8-23/h3-4,11,20H,5-10H2,1-2H3,(H,21,22,24). The molecule has 0 radical (unpaired) electrons. The fraction of sp³-hybridized carbons (Fsp3) is 0.444. The smallest absolute Gasteiger partial charge is 0.241 e. The number of ether oxygens (including phenoxy) is 1. The maximum Gasteiger partial charge on any atom is 0.241 e. The van der Waals surface area contributed by atoms with Gasteiger partial charge in [-0.2, -0.15) is 0 Å². The van der Waals surface area contributed by atoms with Crippen LogP contribution in [0.2, 0.25) is 0 Å². The van der Waals surface area contributed by atoms with Gasteiger partial charge in [0.05, 0.1) is 28.7 Å². The summed E-state index contributed by atoms with van der Waals surface area (Å²) in [5.41, 5.74) is 1.46. The van der Waals surface area contributed by atoms with Crippen molar-refractivity contribution in [3.05, 3.63) is 28.4 Å².